The van der Waals surface area contributed by atoms with Gasteiger partial charge in [0.15, 0.2) is 5.76 Å². The number of rotatable bonds is 4. The fraction of sp³-hybridized carbons (Fsp3) is 0.500. The van der Waals surface area contributed by atoms with E-state index in [9.17, 15) is 4.79 Å². The van der Waals surface area contributed by atoms with Crippen molar-refractivity contribution in [3.05, 3.63) is 24.3 Å². The summed E-state index contributed by atoms with van der Waals surface area (Å²) in [4.78, 5) is 13.8. The van der Waals surface area contributed by atoms with Gasteiger partial charge >= 0.3 is 0 Å². The van der Waals surface area contributed by atoms with Gasteiger partial charge in [0.1, 0.15) is 0 Å². The molecule has 1 aliphatic rings. The SMILES string of the molecule is CNC(=O)C1CCN(Cc2nnc(-c3ccco3)o2)CC1. The predicted molar refractivity (Wildman–Crippen MR) is 74.1 cm³/mol. The van der Waals surface area contributed by atoms with E-state index >= 15 is 0 Å². The van der Waals surface area contributed by atoms with Crippen molar-refractivity contribution in [2.24, 2.45) is 5.92 Å². The minimum absolute atomic E-state index is 0.118. The van der Waals surface area contributed by atoms with Crippen LogP contribution in [0.25, 0.3) is 11.7 Å². The molecule has 0 aromatic carbocycles. The Hall–Kier alpha value is -2.15. The zero-order valence-corrected chi connectivity index (χ0v) is 11.9. The number of aromatic nitrogens is 2. The molecule has 3 heterocycles. The summed E-state index contributed by atoms with van der Waals surface area (Å²) in [5.74, 6) is 1.79. The van der Waals surface area contributed by atoms with E-state index in [4.69, 9.17) is 8.83 Å². The average Bonchev–Trinajstić information content (AvgIpc) is 3.18. The van der Waals surface area contributed by atoms with Crippen LogP contribution in [0.15, 0.2) is 27.2 Å². The normalized spacial score (nSPS) is 17.0. The molecule has 0 saturated carbocycles. The first-order chi connectivity index (χ1) is 10.3. The van der Waals surface area contributed by atoms with Gasteiger partial charge in [-0.15, -0.1) is 10.2 Å². The van der Waals surface area contributed by atoms with Crippen LogP contribution >= 0.6 is 0 Å². The number of piperidine rings is 1. The summed E-state index contributed by atoms with van der Waals surface area (Å²) in [6, 6.07) is 3.56. The van der Waals surface area contributed by atoms with Crippen molar-refractivity contribution in [2.45, 2.75) is 19.4 Å². The third kappa shape index (κ3) is 3.13. The van der Waals surface area contributed by atoms with Crippen LogP contribution in [-0.4, -0.2) is 41.1 Å². The van der Waals surface area contributed by atoms with E-state index in [1.807, 2.05) is 0 Å². The van der Waals surface area contributed by atoms with Gasteiger partial charge in [0, 0.05) is 13.0 Å². The van der Waals surface area contributed by atoms with Crippen LogP contribution in [-0.2, 0) is 11.3 Å². The molecular formula is C14H18N4O3. The molecule has 1 aliphatic heterocycles. The topological polar surface area (TPSA) is 84.4 Å². The van der Waals surface area contributed by atoms with Crippen molar-refractivity contribution in [2.75, 3.05) is 20.1 Å². The first-order valence-electron chi connectivity index (χ1n) is 7.06. The maximum Gasteiger partial charge on any atom is 0.283 e. The second-order valence-electron chi connectivity index (χ2n) is 5.14. The minimum atomic E-state index is 0.118. The molecule has 0 bridgehead atoms. The Bertz CT molecular complexity index is 585. The molecule has 1 saturated heterocycles. The average molecular weight is 290 g/mol. The molecule has 1 amide bonds. The second-order valence-corrected chi connectivity index (χ2v) is 5.14. The van der Waals surface area contributed by atoms with E-state index in [0.717, 1.165) is 25.9 Å². The number of hydrogen-bond donors (Lipinski definition) is 1. The largest absolute Gasteiger partial charge is 0.459 e. The van der Waals surface area contributed by atoms with Gasteiger partial charge in [0.25, 0.3) is 5.89 Å². The van der Waals surface area contributed by atoms with Crippen LogP contribution in [0.3, 0.4) is 0 Å². The Balaban J connectivity index is 1.55. The summed E-state index contributed by atoms with van der Waals surface area (Å²) in [6.45, 7) is 2.32. The van der Waals surface area contributed by atoms with Gasteiger partial charge in [-0.3, -0.25) is 9.69 Å². The maximum atomic E-state index is 11.6. The number of carbonyl (C=O) groups excluding carboxylic acids is 1. The van der Waals surface area contributed by atoms with E-state index in [1.54, 1.807) is 25.4 Å². The van der Waals surface area contributed by atoms with E-state index in [-0.39, 0.29) is 11.8 Å². The molecule has 21 heavy (non-hydrogen) atoms. The molecule has 1 N–H and O–H groups in total. The van der Waals surface area contributed by atoms with Crippen LogP contribution in [0.5, 0.6) is 0 Å². The van der Waals surface area contributed by atoms with Gasteiger partial charge in [-0.25, -0.2) is 0 Å². The van der Waals surface area contributed by atoms with Crippen LogP contribution in [0, 0.1) is 5.92 Å². The van der Waals surface area contributed by atoms with Crippen molar-refractivity contribution < 1.29 is 13.6 Å². The highest BCUT2D eigenvalue weighted by molar-refractivity contribution is 5.78. The number of nitrogens with zero attached hydrogens (tertiary/aromatic N) is 3. The van der Waals surface area contributed by atoms with Crippen molar-refractivity contribution >= 4 is 5.91 Å². The molecule has 2 aromatic heterocycles. The number of amides is 1. The Labute approximate surface area is 122 Å². The van der Waals surface area contributed by atoms with Gasteiger partial charge in [0.2, 0.25) is 11.8 Å². The van der Waals surface area contributed by atoms with Gasteiger partial charge in [-0.2, -0.15) is 0 Å². The van der Waals surface area contributed by atoms with Crippen LogP contribution in [0.4, 0.5) is 0 Å². The lowest BCUT2D eigenvalue weighted by Gasteiger charge is -2.29. The highest BCUT2D eigenvalue weighted by atomic mass is 16.4. The molecule has 3 rings (SSSR count). The lowest BCUT2D eigenvalue weighted by atomic mass is 9.96. The molecule has 2 aromatic rings. The summed E-state index contributed by atoms with van der Waals surface area (Å²) >= 11 is 0. The Morgan fingerprint density at radius 3 is 2.90 bits per heavy atom. The van der Waals surface area contributed by atoms with E-state index in [2.05, 4.69) is 20.4 Å². The van der Waals surface area contributed by atoms with E-state index in [1.165, 1.54) is 0 Å². The molecule has 0 radical (unpaired) electrons. The van der Waals surface area contributed by atoms with Gasteiger partial charge < -0.3 is 14.2 Å². The maximum absolute atomic E-state index is 11.6. The first kappa shape index (κ1) is 13.8. The van der Waals surface area contributed by atoms with Crippen LogP contribution in [0.2, 0.25) is 0 Å². The highest BCUT2D eigenvalue weighted by Crippen LogP contribution is 2.21. The summed E-state index contributed by atoms with van der Waals surface area (Å²) in [5.41, 5.74) is 0. The lowest BCUT2D eigenvalue weighted by molar-refractivity contribution is -0.125. The molecule has 0 spiro atoms. The van der Waals surface area contributed by atoms with Gasteiger partial charge in [-0.05, 0) is 38.1 Å². The molecule has 0 atom stereocenters. The number of nitrogens with one attached hydrogen (secondary N) is 1. The number of furan rings is 1. The molecule has 7 heteroatoms. The first-order valence-corrected chi connectivity index (χ1v) is 7.06. The zero-order chi connectivity index (χ0) is 14.7. The molecule has 112 valence electrons. The highest BCUT2D eigenvalue weighted by Gasteiger charge is 2.25. The number of carbonyl (C=O) groups is 1. The predicted octanol–water partition coefficient (Wildman–Crippen LogP) is 1.29. The Morgan fingerprint density at radius 1 is 1.43 bits per heavy atom. The standard InChI is InChI=1S/C14H18N4O3/c1-15-13(19)10-4-6-18(7-5-10)9-12-16-17-14(21-12)11-3-2-8-20-11/h2-3,8,10H,4-7,9H2,1H3,(H,15,19). The lowest BCUT2D eigenvalue weighted by Crippen LogP contribution is -2.39. The second kappa shape index (κ2) is 6.09. The van der Waals surface area contributed by atoms with Crippen LogP contribution < -0.4 is 5.32 Å². The van der Waals surface area contributed by atoms with E-state index < -0.39 is 0 Å². The fourth-order valence-corrected chi connectivity index (χ4v) is 2.57. The molecular weight excluding hydrogens is 272 g/mol. The zero-order valence-electron chi connectivity index (χ0n) is 11.9. The van der Waals surface area contributed by atoms with Crippen molar-refractivity contribution in [3.8, 4) is 11.7 Å². The van der Waals surface area contributed by atoms with Crippen molar-refractivity contribution in [1.29, 1.82) is 0 Å². The Kier molecular flexibility index (Phi) is 4.01. The minimum Gasteiger partial charge on any atom is -0.459 e. The summed E-state index contributed by atoms with van der Waals surface area (Å²) < 4.78 is 10.8. The van der Waals surface area contributed by atoms with Crippen molar-refractivity contribution in [3.63, 3.8) is 0 Å². The summed E-state index contributed by atoms with van der Waals surface area (Å²) in [6.07, 6.45) is 3.29. The third-order valence-corrected chi connectivity index (χ3v) is 3.76. The van der Waals surface area contributed by atoms with E-state index in [0.29, 0.717) is 24.1 Å². The van der Waals surface area contributed by atoms with Crippen molar-refractivity contribution in [1.82, 2.24) is 20.4 Å². The van der Waals surface area contributed by atoms with Gasteiger partial charge in [0.05, 0.1) is 12.8 Å². The molecule has 1 fully saturated rings. The Morgan fingerprint density at radius 2 is 2.24 bits per heavy atom. The fourth-order valence-electron chi connectivity index (χ4n) is 2.57. The summed E-state index contributed by atoms with van der Waals surface area (Å²) in [5, 5.41) is 10.7. The quantitative estimate of drug-likeness (QED) is 0.913. The third-order valence-electron chi connectivity index (χ3n) is 3.76. The molecule has 0 aliphatic carbocycles. The number of hydrogen-bond acceptors (Lipinski definition) is 6. The molecule has 7 nitrogen and oxygen atoms in total. The molecule has 0 unspecified atom stereocenters. The van der Waals surface area contributed by atoms with Crippen LogP contribution in [0.1, 0.15) is 18.7 Å². The van der Waals surface area contributed by atoms with Gasteiger partial charge in [-0.1, -0.05) is 0 Å². The smallest absolute Gasteiger partial charge is 0.283 e. The number of likely N-dealkylation sites (tertiary alicyclic amines) is 1. The summed E-state index contributed by atoms with van der Waals surface area (Å²) in [7, 11) is 1.68. The monoisotopic (exact) mass is 290 g/mol.